The first-order chi connectivity index (χ1) is 11.7. The van der Waals surface area contributed by atoms with E-state index < -0.39 is 5.97 Å². The number of methoxy groups -OCH3 is 3. The molecule has 0 aliphatic rings. The van der Waals surface area contributed by atoms with Crippen LogP contribution >= 0.6 is 11.6 Å². The maximum absolute atomic E-state index is 5.81. The van der Waals surface area contributed by atoms with E-state index in [1.807, 2.05) is 0 Å². The van der Waals surface area contributed by atoms with Crippen molar-refractivity contribution in [1.29, 1.82) is 0 Å². The molecular formula is C20H33ClO3. The summed E-state index contributed by atoms with van der Waals surface area (Å²) in [6, 6.07) is 8.65. The number of benzene rings is 1. The number of hydrogen-bond donors (Lipinski definition) is 0. The fraction of sp³-hybridized carbons (Fsp3) is 0.700. The summed E-state index contributed by atoms with van der Waals surface area (Å²) in [6.07, 6.45) is 10.6. The van der Waals surface area contributed by atoms with Gasteiger partial charge in [0.2, 0.25) is 0 Å². The molecule has 0 spiro atoms. The van der Waals surface area contributed by atoms with Crippen LogP contribution in [0.1, 0.15) is 62.5 Å². The van der Waals surface area contributed by atoms with Crippen molar-refractivity contribution >= 4 is 11.6 Å². The summed E-state index contributed by atoms with van der Waals surface area (Å²) in [5.41, 5.74) is 2.61. The number of ether oxygens (including phenoxy) is 3. The van der Waals surface area contributed by atoms with E-state index in [9.17, 15) is 0 Å². The molecule has 1 aromatic carbocycles. The molecule has 0 saturated carbocycles. The van der Waals surface area contributed by atoms with Crippen molar-refractivity contribution in [3.63, 3.8) is 0 Å². The van der Waals surface area contributed by atoms with Crippen LogP contribution in [-0.4, -0.2) is 27.3 Å². The van der Waals surface area contributed by atoms with Crippen LogP contribution in [0, 0.1) is 0 Å². The van der Waals surface area contributed by atoms with Crippen LogP contribution in [0.15, 0.2) is 24.3 Å². The van der Waals surface area contributed by atoms with E-state index in [0.29, 0.717) is 5.88 Å². The van der Waals surface area contributed by atoms with Gasteiger partial charge in [-0.25, -0.2) is 0 Å². The summed E-state index contributed by atoms with van der Waals surface area (Å²) in [7, 11) is 4.86. The van der Waals surface area contributed by atoms with Gasteiger partial charge in [-0.2, -0.15) is 0 Å². The molecule has 0 fully saturated rings. The standard InChI is InChI=1S/C20H33ClO3/c1-22-20(23-2,24-3)16-10-8-6-4-5-7-9-11-18-12-14-19(17-21)15-13-18/h12-15H,4-11,16-17H2,1-3H3. The first kappa shape index (κ1) is 21.4. The molecule has 0 amide bonds. The van der Waals surface area contributed by atoms with Crippen LogP contribution in [-0.2, 0) is 26.5 Å². The van der Waals surface area contributed by atoms with Gasteiger partial charge in [0, 0.05) is 33.6 Å². The van der Waals surface area contributed by atoms with Crippen LogP contribution in [0.25, 0.3) is 0 Å². The van der Waals surface area contributed by atoms with E-state index in [0.717, 1.165) is 12.8 Å². The van der Waals surface area contributed by atoms with Crippen LogP contribution in [0.3, 0.4) is 0 Å². The zero-order valence-corrected chi connectivity index (χ0v) is 16.2. The zero-order chi connectivity index (χ0) is 17.7. The number of unbranched alkanes of at least 4 members (excludes halogenated alkanes) is 6. The average Bonchev–Trinajstić information content (AvgIpc) is 2.64. The molecule has 0 aromatic heterocycles. The molecule has 0 heterocycles. The third kappa shape index (κ3) is 7.98. The quantitative estimate of drug-likeness (QED) is 0.244. The van der Waals surface area contributed by atoms with E-state index in [1.54, 1.807) is 21.3 Å². The molecule has 0 radical (unpaired) electrons. The van der Waals surface area contributed by atoms with Crippen molar-refractivity contribution < 1.29 is 14.2 Å². The molecule has 3 nitrogen and oxygen atoms in total. The second kappa shape index (κ2) is 12.7. The van der Waals surface area contributed by atoms with Gasteiger partial charge in [-0.3, -0.25) is 0 Å². The predicted molar refractivity (Wildman–Crippen MR) is 100 cm³/mol. The summed E-state index contributed by atoms with van der Waals surface area (Å²) in [5, 5.41) is 0. The predicted octanol–water partition coefficient (Wildman–Crippen LogP) is 5.68. The molecule has 0 N–H and O–H groups in total. The minimum atomic E-state index is -0.862. The summed E-state index contributed by atoms with van der Waals surface area (Å²) in [4.78, 5) is 0. The van der Waals surface area contributed by atoms with Crippen molar-refractivity contribution in [2.24, 2.45) is 0 Å². The Balaban J connectivity index is 2.00. The lowest BCUT2D eigenvalue weighted by Gasteiger charge is -2.28. The van der Waals surface area contributed by atoms with E-state index in [4.69, 9.17) is 25.8 Å². The number of aryl methyl sites for hydroxylation is 1. The lowest BCUT2D eigenvalue weighted by atomic mass is 10.0. The highest BCUT2D eigenvalue weighted by molar-refractivity contribution is 6.17. The number of alkyl halides is 1. The first-order valence-corrected chi connectivity index (χ1v) is 9.52. The molecule has 4 heteroatoms. The highest BCUT2D eigenvalue weighted by atomic mass is 35.5. The van der Waals surface area contributed by atoms with Gasteiger partial charge in [0.15, 0.2) is 0 Å². The van der Waals surface area contributed by atoms with Crippen LogP contribution in [0.4, 0.5) is 0 Å². The molecule has 24 heavy (non-hydrogen) atoms. The lowest BCUT2D eigenvalue weighted by molar-refractivity contribution is -0.355. The van der Waals surface area contributed by atoms with Crippen molar-refractivity contribution in [2.75, 3.05) is 21.3 Å². The smallest absolute Gasteiger partial charge is 0.282 e. The molecule has 138 valence electrons. The van der Waals surface area contributed by atoms with Gasteiger partial charge in [0.1, 0.15) is 0 Å². The monoisotopic (exact) mass is 356 g/mol. The number of hydrogen-bond acceptors (Lipinski definition) is 3. The van der Waals surface area contributed by atoms with E-state index in [1.165, 1.54) is 56.1 Å². The Bertz CT molecular complexity index is 407. The molecule has 0 atom stereocenters. The number of halogens is 1. The maximum Gasteiger partial charge on any atom is 0.282 e. The van der Waals surface area contributed by atoms with Gasteiger partial charge < -0.3 is 14.2 Å². The first-order valence-electron chi connectivity index (χ1n) is 8.99. The topological polar surface area (TPSA) is 27.7 Å². The molecule has 0 bridgehead atoms. The minimum Gasteiger partial charge on any atom is -0.331 e. The van der Waals surface area contributed by atoms with Gasteiger partial charge in [0.25, 0.3) is 5.97 Å². The highest BCUT2D eigenvalue weighted by Gasteiger charge is 2.28. The van der Waals surface area contributed by atoms with Crippen LogP contribution in [0.5, 0.6) is 0 Å². The van der Waals surface area contributed by atoms with Crippen molar-refractivity contribution in [3.8, 4) is 0 Å². The molecular weight excluding hydrogens is 324 g/mol. The Morgan fingerprint density at radius 1 is 0.708 bits per heavy atom. The van der Waals surface area contributed by atoms with Crippen LogP contribution in [0.2, 0.25) is 0 Å². The van der Waals surface area contributed by atoms with Gasteiger partial charge in [-0.1, -0.05) is 56.4 Å². The Hall–Kier alpha value is -0.610. The fourth-order valence-electron chi connectivity index (χ4n) is 2.91. The fourth-order valence-corrected chi connectivity index (χ4v) is 3.08. The summed E-state index contributed by atoms with van der Waals surface area (Å²) in [6.45, 7) is 0. The third-order valence-corrected chi connectivity index (χ3v) is 4.87. The van der Waals surface area contributed by atoms with E-state index in [2.05, 4.69) is 24.3 Å². The maximum atomic E-state index is 5.81. The third-order valence-electron chi connectivity index (χ3n) is 4.56. The Morgan fingerprint density at radius 2 is 1.17 bits per heavy atom. The van der Waals surface area contributed by atoms with Crippen molar-refractivity contribution in [1.82, 2.24) is 0 Å². The summed E-state index contributed by atoms with van der Waals surface area (Å²) >= 11 is 5.81. The Labute approximate surface area is 152 Å². The van der Waals surface area contributed by atoms with Gasteiger partial charge in [-0.05, 0) is 30.4 Å². The minimum absolute atomic E-state index is 0.598. The normalized spacial score (nSPS) is 11.8. The summed E-state index contributed by atoms with van der Waals surface area (Å²) in [5.74, 6) is -0.264. The number of rotatable bonds is 14. The second-order valence-corrected chi connectivity index (χ2v) is 6.49. The molecule has 0 aliphatic heterocycles. The Morgan fingerprint density at radius 3 is 1.67 bits per heavy atom. The molecule has 0 aliphatic carbocycles. The van der Waals surface area contributed by atoms with E-state index >= 15 is 0 Å². The van der Waals surface area contributed by atoms with E-state index in [-0.39, 0.29) is 0 Å². The molecule has 1 rings (SSSR count). The van der Waals surface area contributed by atoms with Crippen molar-refractivity contribution in [3.05, 3.63) is 35.4 Å². The van der Waals surface area contributed by atoms with Crippen LogP contribution < -0.4 is 0 Å². The second-order valence-electron chi connectivity index (χ2n) is 6.22. The molecule has 0 unspecified atom stereocenters. The SMILES string of the molecule is COC(CCCCCCCCCc1ccc(CCl)cc1)(OC)OC. The van der Waals surface area contributed by atoms with Gasteiger partial charge >= 0.3 is 0 Å². The van der Waals surface area contributed by atoms with Crippen molar-refractivity contribution in [2.45, 2.75) is 69.6 Å². The average molecular weight is 357 g/mol. The molecule has 1 aromatic rings. The lowest BCUT2D eigenvalue weighted by Crippen LogP contribution is -2.35. The highest BCUT2D eigenvalue weighted by Crippen LogP contribution is 2.21. The molecule has 0 saturated heterocycles. The largest absolute Gasteiger partial charge is 0.331 e. The Kier molecular flexibility index (Phi) is 11.4. The van der Waals surface area contributed by atoms with Gasteiger partial charge in [-0.15, -0.1) is 11.6 Å². The van der Waals surface area contributed by atoms with Gasteiger partial charge in [0.05, 0.1) is 0 Å². The summed E-state index contributed by atoms with van der Waals surface area (Å²) < 4.78 is 15.9. The zero-order valence-electron chi connectivity index (χ0n) is 15.5.